The molecule has 0 unspecified atom stereocenters. The second-order valence-corrected chi connectivity index (χ2v) is 12.5. The Morgan fingerprint density at radius 1 is 1.03 bits per heavy atom. The Balaban J connectivity index is 1.37. The molecule has 3 aromatic carbocycles. The SMILES string of the molecule is Cc1ccc(-n2c(SCC(=O)N3c4ccccc4S[C@H]4C=CC=C[C@H]43)nnc2-c2cc(Br)ccc2O)c(C)c1. The van der Waals surface area contributed by atoms with Crippen LogP contribution in [0.2, 0.25) is 0 Å². The van der Waals surface area contributed by atoms with Gasteiger partial charge in [-0.25, -0.2) is 0 Å². The van der Waals surface area contributed by atoms with Gasteiger partial charge in [-0.05, 0) is 55.8 Å². The Bertz CT molecular complexity index is 1650. The fraction of sp³-hybridized carbons (Fsp3) is 0.167. The van der Waals surface area contributed by atoms with Crippen molar-refractivity contribution in [3.8, 4) is 22.8 Å². The van der Waals surface area contributed by atoms with E-state index in [1.165, 1.54) is 11.8 Å². The van der Waals surface area contributed by atoms with Gasteiger partial charge in [-0.2, -0.15) is 0 Å². The number of benzene rings is 3. The van der Waals surface area contributed by atoms with Gasteiger partial charge in [0.15, 0.2) is 11.0 Å². The molecule has 39 heavy (non-hydrogen) atoms. The van der Waals surface area contributed by atoms with Crippen molar-refractivity contribution in [2.75, 3.05) is 10.7 Å². The molecule has 4 aromatic rings. The average Bonchev–Trinajstić information content (AvgIpc) is 3.35. The lowest BCUT2D eigenvalue weighted by Gasteiger charge is -2.40. The van der Waals surface area contributed by atoms with Gasteiger partial charge in [-0.15, -0.1) is 22.0 Å². The molecule has 9 heteroatoms. The number of aromatic hydroxyl groups is 1. The van der Waals surface area contributed by atoms with Gasteiger partial charge in [-0.1, -0.05) is 81.8 Å². The van der Waals surface area contributed by atoms with Gasteiger partial charge in [0, 0.05) is 9.37 Å². The molecule has 1 amide bonds. The summed E-state index contributed by atoms with van der Waals surface area (Å²) in [5.41, 5.74) is 4.58. The summed E-state index contributed by atoms with van der Waals surface area (Å²) in [6.45, 7) is 4.09. The lowest BCUT2D eigenvalue weighted by Crippen LogP contribution is -2.48. The molecule has 6 nitrogen and oxygen atoms in total. The molecule has 1 aliphatic carbocycles. The minimum Gasteiger partial charge on any atom is -0.507 e. The molecule has 0 fully saturated rings. The third kappa shape index (κ3) is 4.95. The zero-order chi connectivity index (χ0) is 27.1. The molecule has 0 spiro atoms. The van der Waals surface area contributed by atoms with Crippen molar-refractivity contribution in [2.45, 2.75) is 35.2 Å². The number of allylic oxidation sites excluding steroid dienone is 2. The van der Waals surface area contributed by atoms with Crippen LogP contribution < -0.4 is 4.90 Å². The Labute approximate surface area is 244 Å². The second kappa shape index (κ2) is 10.7. The van der Waals surface area contributed by atoms with Crippen LogP contribution in [-0.2, 0) is 4.79 Å². The third-order valence-electron chi connectivity index (χ3n) is 6.76. The molecule has 1 aromatic heterocycles. The molecular weight excluding hydrogens is 592 g/mol. The lowest BCUT2D eigenvalue weighted by molar-refractivity contribution is -0.116. The zero-order valence-electron chi connectivity index (χ0n) is 21.3. The standard InChI is InChI=1S/C30H25BrN4O2S2/c1-18-11-13-22(19(2)15-18)35-29(21-16-20(31)12-14-25(21)36)32-33-30(35)38-17-28(37)34-23-7-3-5-9-26(23)39-27-10-6-4-8-24(27)34/h3-16,23,26,36H,17H2,1-2H3/t23-,26+/m1/s1. The molecule has 1 aliphatic heterocycles. The predicted octanol–water partition coefficient (Wildman–Crippen LogP) is 7.11. The number of hydrogen-bond donors (Lipinski definition) is 1. The van der Waals surface area contributed by atoms with E-state index in [4.69, 9.17) is 0 Å². The zero-order valence-corrected chi connectivity index (χ0v) is 24.5. The van der Waals surface area contributed by atoms with Crippen LogP contribution in [0.3, 0.4) is 0 Å². The van der Waals surface area contributed by atoms with Gasteiger partial charge < -0.3 is 10.0 Å². The summed E-state index contributed by atoms with van der Waals surface area (Å²) in [5.74, 6) is 0.809. The van der Waals surface area contributed by atoms with Gasteiger partial charge in [0.2, 0.25) is 5.91 Å². The first-order valence-electron chi connectivity index (χ1n) is 12.5. The predicted molar refractivity (Wildman–Crippen MR) is 162 cm³/mol. The van der Waals surface area contributed by atoms with Crippen molar-refractivity contribution in [2.24, 2.45) is 0 Å². The molecular formula is C30H25BrN4O2S2. The summed E-state index contributed by atoms with van der Waals surface area (Å²) < 4.78 is 2.75. The van der Waals surface area contributed by atoms with Crippen LogP contribution in [0.5, 0.6) is 5.75 Å². The van der Waals surface area contributed by atoms with E-state index in [-0.39, 0.29) is 28.7 Å². The van der Waals surface area contributed by atoms with E-state index in [1.54, 1.807) is 23.9 Å². The molecule has 2 atom stereocenters. The van der Waals surface area contributed by atoms with Crippen molar-refractivity contribution in [3.05, 3.63) is 101 Å². The van der Waals surface area contributed by atoms with Gasteiger partial charge >= 0.3 is 0 Å². The molecule has 0 saturated heterocycles. The van der Waals surface area contributed by atoms with E-state index < -0.39 is 0 Å². The monoisotopic (exact) mass is 616 g/mol. The molecule has 0 saturated carbocycles. The van der Waals surface area contributed by atoms with E-state index in [9.17, 15) is 9.90 Å². The highest BCUT2D eigenvalue weighted by Gasteiger charge is 2.36. The van der Waals surface area contributed by atoms with E-state index >= 15 is 0 Å². The summed E-state index contributed by atoms with van der Waals surface area (Å²) in [7, 11) is 0. The Hall–Kier alpha value is -3.27. The smallest absolute Gasteiger partial charge is 0.238 e. The van der Waals surface area contributed by atoms with Crippen molar-refractivity contribution in [1.82, 2.24) is 14.8 Å². The Morgan fingerprint density at radius 2 is 1.85 bits per heavy atom. The van der Waals surface area contributed by atoms with E-state index in [0.29, 0.717) is 16.5 Å². The highest BCUT2D eigenvalue weighted by atomic mass is 79.9. The molecule has 1 N–H and O–H groups in total. The van der Waals surface area contributed by atoms with Gasteiger partial charge in [0.1, 0.15) is 5.75 Å². The number of phenolic OH excluding ortho intramolecular Hbond substituents is 1. The average molecular weight is 618 g/mol. The topological polar surface area (TPSA) is 71.2 Å². The number of phenols is 1. The van der Waals surface area contributed by atoms with Gasteiger partial charge in [0.25, 0.3) is 0 Å². The number of thioether (sulfide) groups is 2. The summed E-state index contributed by atoms with van der Waals surface area (Å²) >= 11 is 6.65. The fourth-order valence-corrected chi connectivity index (χ4v) is 7.40. The molecule has 0 radical (unpaired) electrons. The van der Waals surface area contributed by atoms with Crippen LogP contribution in [-0.4, -0.2) is 42.8 Å². The summed E-state index contributed by atoms with van der Waals surface area (Å²) in [6, 6.07) is 19.4. The maximum Gasteiger partial charge on any atom is 0.238 e. The first kappa shape index (κ1) is 26.0. The summed E-state index contributed by atoms with van der Waals surface area (Å²) in [4.78, 5) is 16.9. The number of nitrogens with zero attached hydrogens (tertiary/aromatic N) is 4. The minimum atomic E-state index is -0.0469. The van der Waals surface area contributed by atoms with Gasteiger partial charge in [0.05, 0.1) is 34.0 Å². The van der Waals surface area contributed by atoms with E-state index in [2.05, 4.69) is 57.3 Å². The largest absolute Gasteiger partial charge is 0.507 e. The Morgan fingerprint density at radius 3 is 2.69 bits per heavy atom. The van der Waals surface area contributed by atoms with Crippen LogP contribution in [0.4, 0.5) is 5.69 Å². The second-order valence-electron chi connectivity index (χ2n) is 9.46. The number of fused-ring (bicyclic) bond motifs is 2. The number of amides is 1. The summed E-state index contributed by atoms with van der Waals surface area (Å²) in [6.07, 6.45) is 8.32. The van der Waals surface area contributed by atoms with E-state index in [1.807, 2.05) is 64.9 Å². The normalized spacial score (nSPS) is 17.7. The van der Waals surface area contributed by atoms with Crippen molar-refractivity contribution in [3.63, 3.8) is 0 Å². The number of para-hydroxylation sites is 1. The van der Waals surface area contributed by atoms with Crippen LogP contribution in [0, 0.1) is 13.8 Å². The molecule has 196 valence electrons. The molecule has 0 bridgehead atoms. The number of aryl methyl sites for hydroxylation is 2. The van der Waals surface area contributed by atoms with Crippen LogP contribution in [0.1, 0.15) is 11.1 Å². The maximum atomic E-state index is 13.9. The van der Waals surface area contributed by atoms with E-state index in [0.717, 1.165) is 31.9 Å². The Kier molecular flexibility index (Phi) is 7.14. The number of carbonyl (C=O) groups is 1. The van der Waals surface area contributed by atoms with Crippen LogP contribution in [0.15, 0.2) is 99.5 Å². The van der Waals surface area contributed by atoms with Crippen LogP contribution in [0.25, 0.3) is 17.1 Å². The van der Waals surface area contributed by atoms with Crippen LogP contribution >= 0.6 is 39.5 Å². The number of hydrogen-bond acceptors (Lipinski definition) is 6. The van der Waals surface area contributed by atoms with Crippen molar-refractivity contribution >= 4 is 51.0 Å². The van der Waals surface area contributed by atoms with Crippen molar-refractivity contribution in [1.29, 1.82) is 0 Å². The quantitative estimate of drug-likeness (QED) is 0.241. The minimum absolute atomic E-state index is 0.00438. The number of halogens is 1. The molecule has 6 rings (SSSR count). The van der Waals surface area contributed by atoms with Crippen molar-refractivity contribution < 1.29 is 9.90 Å². The lowest BCUT2D eigenvalue weighted by atomic mass is 10.0. The summed E-state index contributed by atoms with van der Waals surface area (Å²) in [5, 5.41) is 20.4. The highest BCUT2D eigenvalue weighted by molar-refractivity contribution is 9.10. The molecule has 2 heterocycles. The van der Waals surface area contributed by atoms with Gasteiger partial charge in [-0.3, -0.25) is 9.36 Å². The highest BCUT2D eigenvalue weighted by Crippen LogP contribution is 2.44. The first-order valence-corrected chi connectivity index (χ1v) is 15.1. The fourth-order valence-electron chi connectivity index (χ4n) is 4.98. The third-order valence-corrected chi connectivity index (χ3v) is 9.48. The number of aromatic nitrogens is 3. The maximum absolute atomic E-state index is 13.9. The number of anilines is 1. The number of rotatable bonds is 5. The first-order chi connectivity index (χ1) is 18.9. The number of carbonyl (C=O) groups excluding carboxylic acids is 1. The molecule has 2 aliphatic rings.